The van der Waals surface area contributed by atoms with Crippen molar-refractivity contribution in [1.29, 1.82) is 0 Å². The topological polar surface area (TPSA) is 124 Å². The molecule has 7 heteroatoms. The SMILES string of the molecule is C=NC1=C(N)CN=C(N)N=C1OCC(/C=C\C(C)CN)=C/CC. The van der Waals surface area contributed by atoms with Crippen molar-refractivity contribution in [3.8, 4) is 0 Å². The van der Waals surface area contributed by atoms with E-state index in [0.717, 1.165) is 12.0 Å². The first-order valence-electron chi connectivity index (χ1n) is 7.56. The first kappa shape index (κ1) is 18.6. The number of allylic oxidation sites excluding steroid dienone is 1. The number of hydrogen-bond acceptors (Lipinski definition) is 7. The summed E-state index contributed by atoms with van der Waals surface area (Å²) in [6.45, 7) is 8.75. The Balaban J connectivity index is 2.89. The van der Waals surface area contributed by atoms with Gasteiger partial charge in [0.25, 0.3) is 0 Å². The second kappa shape index (κ2) is 9.58. The molecule has 7 nitrogen and oxygen atoms in total. The van der Waals surface area contributed by atoms with Crippen LogP contribution in [0.15, 0.2) is 50.2 Å². The van der Waals surface area contributed by atoms with Crippen molar-refractivity contribution in [1.82, 2.24) is 0 Å². The number of aliphatic imine (C=N–C) groups is 3. The number of hydrogen-bond donors (Lipinski definition) is 3. The minimum absolute atomic E-state index is 0.106. The summed E-state index contributed by atoms with van der Waals surface area (Å²) in [4.78, 5) is 12.0. The van der Waals surface area contributed by atoms with Crippen molar-refractivity contribution < 1.29 is 4.74 Å². The molecule has 0 bridgehead atoms. The second-order valence-corrected chi connectivity index (χ2v) is 5.17. The highest BCUT2D eigenvalue weighted by Crippen LogP contribution is 2.12. The molecule has 0 fully saturated rings. The molecule has 0 spiro atoms. The van der Waals surface area contributed by atoms with Crippen LogP contribution < -0.4 is 17.2 Å². The summed E-state index contributed by atoms with van der Waals surface area (Å²) in [6.07, 6.45) is 7.01. The van der Waals surface area contributed by atoms with E-state index in [2.05, 4.69) is 41.6 Å². The van der Waals surface area contributed by atoms with E-state index >= 15 is 0 Å². The zero-order valence-electron chi connectivity index (χ0n) is 13.8. The van der Waals surface area contributed by atoms with E-state index in [9.17, 15) is 0 Å². The van der Waals surface area contributed by atoms with Gasteiger partial charge in [0.1, 0.15) is 12.3 Å². The van der Waals surface area contributed by atoms with Gasteiger partial charge in [-0.2, -0.15) is 4.99 Å². The van der Waals surface area contributed by atoms with E-state index in [1.807, 2.05) is 12.2 Å². The Kier molecular flexibility index (Phi) is 7.76. The molecule has 126 valence electrons. The van der Waals surface area contributed by atoms with Crippen LogP contribution in [0.3, 0.4) is 0 Å². The first-order valence-corrected chi connectivity index (χ1v) is 7.56. The lowest BCUT2D eigenvalue weighted by Crippen LogP contribution is -2.17. The molecule has 1 heterocycles. The fourth-order valence-electron chi connectivity index (χ4n) is 1.80. The Morgan fingerprint density at radius 1 is 1.48 bits per heavy atom. The van der Waals surface area contributed by atoms with Crippen LogP contribution in [-0.4, -0.2) is 38.3 Å². The lowest BCUT2D eigenvalue weighted by atomic mass is 10.1. The molecule has 1 aliphatic rings. The third-order valence-corrected chi connectivity index (χ3v) is 3.14. The minimum Gasteiger partial charge on any atom is -0.471 e. The van der Waals surface area contributed by atoms with Gasteiger partial charge in [-0.1, -0.05) is 32.1 Å². The molecule has 1 atom stereocenters. The molecule has 0 saturated carbocycles. The van der Waals surface area contributed by atoms with E-state index in [1.165, 1.54) is 0 Å². The zero-order valence-corrected chi connectivity index (χ0v) is 13.8. The van der Waals surface area contributed by atoms with Gasteiger partial charge in [-0.15, -0.1) is 0 Å². The lowest BCUT2D eigenvalue weighted by Gasteiger charge is -2.11. The molecule has 0 amide bonds. The Bertz CT molecular complexity index is 571. The minimum atomic E-state index is 0.106. The van der Waals surface area contributed by atoms with Crippen LogP contribution in [0.1, 0.15) is 20.3 Å². The van der Waals surface area contributed by atoms with Gasteiger partial charge in [0, 0.05) is 0 Å². The molecule has 0 aromatic heterocycles. The van der Waals surface area contributed by atoms with E-state index in [4.69, 9.17) is 21.9 Å². The highest BCUT2D eigenvalue weighted by molar-refractivity contribution is 6.03. The fraction of sp³-hybridized carbons (Fsp3) is 0.438. The molecule has 1 rings (SSSR count). The third kappa shape index (κ3) is 6.07. The standard InChI is InChI=1S/C16H26N6O/c1-4-5-12(7-6-11(2)8-17)10-23-15-14(20-3)13(18)9-21-16(19)22-15/h5-7,11H,3-4,8-10,17-18H2,1-2H3,(H2,19,21)/b7-6-,12-5+. The summed E-state index contributed by atoms with van der Waals surface area (Å²) in [6, 6.07) is 0. The largest absolute Gasteiger partial charge is 0.471 e. The first-order chi connectivity index (χ1) is 11.0. The molecule has 0 saturated heterocycles. The lowest BCUT2D eigenvalue weighted by molar-refractivity contribution is 0.342. The van der Waals surface area contributed by atoms with Crippen LogP contribution in [0.5, 0.6) is 0 Å². The smallest absolute Gasteiger partial charge is 0.245 e. The summed E-state index contributed by atoms with van der Waals surface area (Å²) in [5.74, 6) is 0.641. The summed E-state index contributed by atoms with van der Waals surface area (Å²) in [5.41, 5.74) is 19.0. The monoisotopic (exact) mass is 318 g/mol. The van der Waals surface area contributed by atoms with Crippen molar-refractivity contribution in [3.05, 3.63) is 35.2 Å². The van der Waals surface area contributed by atoms with Gasteiger partial charge < -0.3 is 21.9 Å². The molecule has 0 aromatic rings. The van der Waals surface area contributed by atoms with Gasteiger partial charge in [0.15, 0.2) is 0 Å². The summed E-state index contributed by atoms with van der Waals surface area (Å²) in [7, 11) is 0. The van der Waals surface area contributed by atoms with E-state index in [1.54, 1.807) is 0 Å². The molecular weight excluding hydrogens is 292 g/mol. The Morgan fingerprint density at radius 3 is 2.83 bits per heavy atom. The maximum absolute atomic E-state index is 5.90. The summed E-state index contributed by atoms with van der Waals surface area (Å²) < 4.78 is 5.75. The molecule has 0 aromatic carbocycles. The normalized spacial score (nSPS) is 17.6. The molecule has 0 aliphatic carbocycles. The van der Waals surface area contributed by atoms with Gasteiger partial charge in [0.2, 0.25) is 11.9 Å². The number of rotatable bonds is 7. The van der Waals surface area contributed by atoms with E-state index < -0.39 is 0 Å². The number of ether oxygens (including phenoxy) is 1. The number of guanidine groups is 1. The van der Waals surface area contributed by atoms with Crippen molar-refractivity contribution in [3.63, 3.8) is 0 Å². The molecular formula is C16H26N6O. The summed E-state index contributed by atoms with van der Waals surface area (Å²) >= 11 is 0. The molecule has 6 N–H and O–H groups in total. The van der Waals surface area contributed by atoms with Gasteiger partial charge in [-0.25, -0.2) is 4.99 Å². The average molecular weight is 318 g/mol. The number of nitrogens with zero attached hydrogens (tertiary/aromatic N) is 3. The predicted molar refractivity (Wildman–Crippen MR) is 96.4 cm³/mol. The van der Waals surface area contributed by atoms with E-state index in [-0.39, 0.29) is 18.4 Å². The van der Waals surface area contributed by atoms with Gasteiger partial charge in [0.05, 0.1) is 12.2 Å². The average Bonchev–Trinajstić information content (AvgIpc) is 2.68. The van der Waals surface area contributed by atoms with Crippen LogP contribution in [0, 0.1) is 5.92 Å². The van der Waals surface area contributed by atoms with Crippen LogP contribution in [-0.2, 0) is 4.74 Å². The molecule has 1 aliphatic heterocycles. The quantitative estimate of drug-likeness (QED) is 0.480. The predicted octanol–water partition coefficient (Wildman–Crippen LogP) is 1.09. The Hall–Kier alpha value is -2.41. The van der Waals surface area contributed by atoms with Crippen molar-refractivity contribution in [2.75, 3.05) is 19.7 Å². The van der Waals surface area contributed by atoms with Crippen LogP contribution >= 0.6 is 0 Å². The van der Waals surface area contributed by atoms with Crippen molar-refractivity contribution in [2.24, 2.45) is 38.1 Å². The van der Waals surface area contributed by atoms with Crippen LogP contribution in [0.2, 0.25) is 0 Å². The maximum Gasteiger partial charge on any atom is 0.245 e. The third-order valence-electron chi connectivity index (χ3n) is 3.14. The summed E-state index contributed by atoms with van der Waals surface area (Å²) in [5, 5.41) is 0. The van der Waals surface area contributed by atoms with Crippen molar-refractivity contribution >= 4 is 18.6 Å². The number of nitrogens with two attached hydrogens (primary N) is 3. The molecule has 0 radical (unpaired) electrons. The maximum atomic E-state index is 5.90. The van der Waals surface area contributed by atoms with E-state index in [0.29, 0.717) is 30.5 Å². The highest BCUT2D eigenvalue weighted by Gasteiger charge is 2.16. The second-order valence-electron chi connectivity index (χ2n) is 5.17. The van der Waals surface area contributed by atoms with Gasteiger partial charge >= 0.3 is 0 Å². The highest BCUT2D eigenvalue weighted by atomic mass is 16.5. The fourth-order valence-corrected chi connectivity index (χ4v) is 1.80. The molecule has 1 unspecified atom stereocenters. The Morgan fingerprint density at radius 2 is 2.22 bits per heavy atom. The van der Waals surface area contributed by atoms with Crippen LogP contribution in [0.4, 0.5) is 0 Å². The molecule has 23 heavy (non-hydrogen) atoms. The van der Waals surface area contributed by atoms with Crippen LogP contribution in [0.25, 0.3) is 0 Å². The zero-order chi connectivity index (χ0) is 17.2. The van der Waals surface area contributed by atoms with Gasteiger partial charge in [-0.3, -0.25) is 4.99 Å². The van der Waals surface area contributed by atoms with Gasteiger partial charge in [-0.05, 0) is 31.2 Å². The van der Waals surface area contributed by atoms with Crippen molar-refractivity contribution in [2.45, 2.75) is 20.3 Å². The Labute approximate surface area is 137 Å².